The van der Waals surface area contributed by atoms with Crippen LogP contribution >= 0.6 is 11.5 Å². The van der Waals surface area contributed by atoms with Crippen molar-refractivity contribution in [1.82, 2.24) is 19.2 Å². The Labute approximate surface area is 179 Å². The lowest BCUT2D eigenvalue weighted by molar-refractivity contribution is -0.0119. The molecular formula is C22H24N6OS. The number of benzene rings is 1. The lowest BCUT2D eigenvalue weighted by Gasteiger charge is -2.38. The van der Waals surface area contributed by atoms with Gasteiger partial charge >= 0.3 is 0 Å². The van der Waals surface area contributed by atoms with Gasteiger partial charge in [-0.2, -0.15) is 9.64 Å². The Morgan fingerprint density at radius 1 is 1.13 bits per heavy atom. The summed E-state index contributed by atoms with van der Waals surface area (Å²) in [5.74, 6) is 1.11. The van der Waals surface area contributed by atoms with E-state index < -0.39 is 6.23 Å². The Morgan fingerprint density at radius 2 is 1.97 bits per heavy atom. The minimum Gasteiger partial charge on any atom is -0.374 e. The summed E-state index contributed by atoms with van der Waals surface area (Å²) < 4.78 is 5.93. The number of anilines is 1. The van der Waals surface area contributed by atoms with Gasteiger partial charge in [0.1, 0.15) is 23.8 Å². The van der Waals surface area contributed by atoms with Gasteiger partial charge in [0.15, 0.2) is 0 Å². The molecule has 30 heavy (non-hydrogen) atoms. The van der Waals surface area contributed by atoms with Crippen LogP contribution in [0.4, 0.5) is 5.82 Å². The Kier molecular flexibility index (Phi) is 5.35. The van der Waals surface area contributed by atoms with Crippen molar-refractivity contribution in [2.24, 2.45) is 0 Å². The van der Waals surface area contributed by atoms with Crippen LogP contribution in [-0.4, -0.2) is 70.1 Å². The molecule has 1 unspecified atom stereocenters. The molecule has 2 aliphatic rings. The molecule has 0 amide bonds. The van der Waals surface area contributed by atoms with Gasteiger partial charge in [-0.15, -0.1) is 0 Å². The van der Waals surface area contributed by atoms with E-state index in [9.17, 15) is 5.11 Å². The Morgan fingerprint density at radius 3 is 2.80 bits per heavy atom. The quantitative estimate of drug-likeness (QED) is 0.693. The first-order chi connectivity index (χ1) is 14.7. The molecule has 154 valence electrons. The van der Waals surface area contributed by atoms with Gasteiger partial charge in [0.25, 0.3) is 0 Å². The molecule has 7 nitrogen and oxygen atoms in total. The van der Waals surface area contributed by atoms with Gasteiger partial charge in [0, 0.05) is 63.0 Å². The first-order valence-corrected chi connectivity index (χ1v) is 11.1. The van der Waals surface area contributed by atoms with Crippen LogP contribution in [0.25, 0.3) is 10.1 Å². The van der Waals surface area contributed by atoms with Crippen molar-refractivity contribution < 1.29 is 5.11 Å². The van der Waals surface area contributed by atoms with Gasteiger partial charge in [-0.3, -0.25) is 9.80 Å². The summed E-state index contributed by atoms with van der Waals surface area (Å²) in [6.07, 6.45) is 1.85. The van der Waals surface area contributed by atoms with E-state index in [-0.39, 0.29) is 0 Å². The zero-order chi connectivity index (χ0) is 20.5. The summed E-state index contributed by atoms with van der Waals surface area (Å²) in [6.45, 7) is 6.49. The van der Waals surface area contributed by atoms with Crippen LogP contribution in [0.1, 0.15) is 23.0 Å². The van der Waals surface area contributed by atoms with Crippen LogP contribution in [0, 0.1) is 11.3 Å². The lowest BCUT2D eigenvalue weighted by atomic mass is 9.99. The van der Waals surface area contributed by atoms with Crippen LogP contribution in [0.5, 0.6) is 0 Å². The fraction of sp³-hybridized carbons (Fsp3) is 0.409. The number of fused-ring (bicyclic) bond motifs is 2. The number of nitrogens with zero attached hydrogens (tertiary/aromatic N) is 6. The van der Waals surface area contributed by atoms with Crippen molar-refractivity contribution in [3.63, 3.8) is 0 Å². The van der Waals surface area contributed by atoms with Crippen molar-refractivity contribution >= 4 is 27.4 Å². The molecular weight excluding hydrogens is 396 g/mol. The van der Waals surface area contributed by atoms with Crippen LogP contribution in [0.2, 0.25) is 0 Å². The zero-order valence-corrected chi connectivity index (χ0v) is 17.6. The van der Waals surface area contributed by atoms with Gasteiger partial charge in [0.2, 0.25) is 0 Å². The van der Waals surface area contributed by atoms with Gasteiger partial charge in [0.05, 0.1) is 4.70 Å². The van der Waals surface area contributed by atoms with Crippen molar-refractivity contribution in [2.75, 3.05) is 50.7 Å². The highest BCUT2D eigenvalue weighted by atomic mass is 32.1. The molecule has 2 aromatic heterocycles. The number of hydrogen-bond donors (Lipinski definition) is 1. The average molecular weight is 421 g/mol. The summed E-state index contributed by atoms with van der Waals surface area (Å²) in [6, 6.07) is 12.3. The van der Waals surface area contributed by atoms with Gasteiger partial charge in [-0.05, 0) is 41.7 Å². The predicted molar refractivity (Wildman–Crippen MR) is 117 cm³/mol. The summed E-state index contributed by atoms with van der Waals surface area (Å²) in [5, 5.41) is 21.0. The maximum atomic E-state index is 10.8. The summed E-state index contributed by atoms with van der Waals surface area (Å²) in [4.78, 5) is 11.1. The van der Waals surface area contributed by atoms with E-state index in [2.05, 4.69) is 54.4 Å². The van der Waals surface area contributed by atoms with E-state index in [1.54, 1.807) is 23.8 Å². The van der Waals surface area contributed by atoms with Crippen LogP contribution in [-0.2, 0) is 6.42 Å². The molecule has 2 aliphatic heterocycles. The number of nitriles is 1. The number of piperazine rings is 1. The first kappa shape index (κ1) is 19.4. The molecule has 0 saturated carbocycles. The fourth-order valence-electron chi connectivity index (χ4n) is 4.39. The van der Waals surface area contributed by atoms with Crippen molar-refractivity contribution in [3.05, 3.63) is 53.3 Å². The maximum Gasteiger partial charge on any atom is 0.150 e. The molecule has 1 N–H and O–H groups in total. The van der Waals surface area contributed by atoms with E-state index >= 15 is 0 Å². The summed E-state index contributed by atoms with van der Waals surface area (Å²) >= 11 is 1.57. The molecule has 0 spiro atoms. The Balaban J connectivity index is 1.16. The van der Waals surface area contributed by atoms with Crippen LogP contribution in [0.3, 0.4) is 0 Å². The lowest BCUT2D eigenvalue weighted by Crippen LogP contribution is -2.49. The van der Waals surface area contributed by atoms with Gasteiger partial charge in [-0.25, -0.2) is 4.98 Å². The second-order valence-electron chi connectivity index (χ2n) is 7.87. The zero-order valence-electron chi connectivity index (χ0n) is 16.7. The minimum absolute atomic E-state index is 0.417. The van der Waals surface area contributed by atoms with E-state index in [4.69, 9.17) is 5.26 Å². The monoisotopic (exact) mass is 420 g/mol. The maximum absolute atomic E-state index is 10.8. The third-order valence-electron chi connectivity index (χ3n) is 6.17. The topological polar surface area (TPSA) is 79.5 Å². The molecule has 1 atom stereocenters. The molecule has 8 heteroatoms. The number of aromatic nitrogens is 2. The second kappa shape index (κ2) is 8.28. The molecule has 1 saturated heterocycles. The van der Waals surface area contributed by atoms with Crippen molar-refractivity contribution in [1.29, 1.82) is 5.26 Å². The summed E-state index contributed by atoms with van der Waals surface area (Å²) in [7, 11) is 0. The highest BCUT2D eigenvalue weighted by molar-refractivity contribution is 7.13. The molecule has 1 fully saturated rings. The highest BCUT2D eigenvalue weighted by Crippen LogP contribution is 2.30. The third-order valence-corrected chi connectivity index (χ3v) is 6.98. The van der Waals surface area contributed by atoms with E-state index in [1.165, 1.54) is 10.1 Å². The Bertz CT molecular complexity index is 1080. The molecule has 0 bridgehead atoms. The van der Waals surface area contributed by atoms with Crippen molar-refractivity contribution in [2.45, 2.75) is 12.6 Å². The summed E-state index contributed by atoms with van der Waals surface area (Å²) in [5.41, 5.74) is 2.29. The number of aliphatic hydroxyl groups is 1. The highest BCUT2D eigenvalue weighted by Gasteiger charge is 2.27. The normalized spacial score (nSPS) is 20.3. The molecule has 1 aromatic carbocycles. The minimum atomic E-state index is -0.642. The second-order valence-corrected chi connectivity index (χ2v) is 8.68. The average Bonchev–Trinajstić information content (AvgIpc) is 3.23. The van der Waals surface area contributed by atoms with E-state index in [0.717, 1.165) is 69.2 Å². The standard InChI is InChI=1S/C22H24N6OS/c23-14-17-13-16-5-6-28(22(29)19(16)15-24-17)12-9-26-7-10-27(11-8-26)21-18-3-1-2-4-20(18)30-25-21/h1-4,13,15,22,29H,5-12H2. The largest absolute Gasteiger partial charge is 0.374 e. The number of hydrogen-bond acceptors (Lipinski definition) is 8. The SMILES string of the molecule is N#Cc1cc2c(cn1)C(O)N(CCN1CCN(c3nsc4ccccc34)CC1)CC2. The van der Waals surface area contributed by atoms with Gasteiger partial charge < -0.3 is 10.0 Å². The number of rotatable bonds is 4. The van der Waals surface area contributed by atoms with Crippen molar-refractivity contribution in [3.8, 4) is 6.07 Å². The fourth-order valence-corrected chi connectivity index (χ4v) is 5.18. The van der Waals surface area contributed by atoms with E-state index in [0.29, 0.717) is 5.69 Å². The molecule has 3 aromatic rings. The predicted octanol–water partition coefficient (Wildman–Crippen LogP) is 2.23. The Hall–Kier alpha value is -2.57. The molecule has 0 aliphatic carbocycles. The third kappa shape index (κ3) is 3.66. The number of aliphatic hydroxyl groups excluding tert-OH is 1. The van der Waals surface area contributed by atoms with Crippen LogP contribution in [0.15, 0.2) is 36.5 Å². The van der Waals surface area contributed by atoms with E-state index in [1.807, 2.05) is 0 Å². The first-order valence-electron chi connectivity index (χ1n) is 10.4. The molecule has 5 rings (SSSR count). The smallest absolute Gasteiger partial charge is 0.150 e. The molecule has 4 heterocycles. The number of pyridine rings is 1. The van der Waals surface area contributed by atoms with Gasteiger partial charge in [-0.1, -0.05) is 12.1 Å². The van der Waals surface area contributed by atoms with Crippen LogP contribution < -0.4 is 4.90 Å². The molecule has 0 radical (unpaired) electrons.